The maximum Gasteiger partial charge on any atom is 0.416 e. The molecule has 2 aromatic carbocycles. The monoisotopic (exact) mass is 429 g/mol. The maximum absolute atomic E-state index is 12.7. The lowest BCUT2D eigenvalue weighted by Crippen LogP contribution is -2.32. The summed E-state index contributed by atoms with van der Waals surface area (Å²) in [5.74, 6) is -0.417. The molecule has 6 nitrogen and oxygen atoms in total. The third kappa shape index (κ3) is 5.94. The molecule has 10 heteroatoms. The Morgan fingerprint density at radius 3 is 2.28 bits per heavy atom. The summed E-state index contributed by atoms with van der Waals surface area (Å²) in [4.78, 5) is 12.2. The number of anilines is 1. The normalized spacial score (nSPS) is 13.2. The first-order valence-electron chi connectivity index (χ1n) is 8.64. The highest BCUT2D eigenvalue weighted by Gasteiger charge is 2.30. The number of carbonyl (C=O) groups is 1. The van der Waals surface area contributed by atoms with Gasteiger partial charge in [-0.3, -0.25) is 4.79 Å². The molecular formula is C19H22F3N3O3S. The molecule has 2 aromatic rings. The Morgan fingerprint density at radius 2 is 1.72 bits per heavy atom. The van der Waals surface area contributed by atoms with Gasteiger partial charge in [0.15, 0.2) is 0 Å². The molecule has 1 amide bonds. The molecule has 0 aliphatic rings. The van der Waals surface area contributed by atoms with Crippen LogP contribution < -0.4 is 10.6 Å². The SMILES string of the molecule is CC(NC(=O)CNc1cccc(C(F)(F)F)c1)c1ccc(S(=O)(=O)N(C)C)cc1. The molecule has 0 saturated carbocycles. The van der Waals surface area contributed by atoms with Crippen LogP contribution in [-0.4, -0.2) is 39.3 Å². The number of hydrogen-bond donors (Lipinski definition) is 2. The minimum absolute atomic E-state index is 0.135. The maximum atomic E-state index is 12.7. The van der Waals surface area contributed by atoms with Crippen molar-refractivity contribution in [3.05, 3.63) is 59.7 Å². The van der Waals surface area contributed by atoms with Gasteiger partial charge in [-0.05, 0) is 42.8 Å². The van der Waals surface area contributed by atoms with E-state index in [0.29, 0.717) is 5.56 Å². The molecule has 0 saturated heterocycles. The molecule has 1 atom stereocenters. The number of rotatable bonds is 7. The van der Waals surface area contributed by atoms with Gasteiger partial charge < -0.3 is 10.6 Å². The molecule has 0 spiro atoms. The van der Waals surface area contributed by atoms with Crippen molar-refractivity contribution in [3.8, 4) is 0 Å². The van der Waals surface area contributed by atoms with Crippen LogP contribution in [0.4, 0.5) is 18.9 Å². The topological polar surface area (TPSA) is 78.5 Å². The highest BCUT2D eigenvalue weighted by atomic mass is 32.2. The van der Waals surface area contributed by atoms with Gasteiger partial charge in [-0.25, -0.2) is 12.7 Å². The van der Waals surface area contributed by atoms with Crippen molar-refractivity contribution in [1.29, 1.82) is 0 Å². The molecule has 0 heterocycles. The van der Waals surface area contributed by atoms with Crippen LogP contribution in [0.5, 0.6) is 0 Å². The largest absolute Gasteiger partial charge is 0.416 e. The molecule has 1 unspecified atom stereocenters. The first kappa shape index (κ1) is 22.7. The van der Waals surface area contributed by atoms with Crippen molar-refractivity contribution in [2.75, 3.05) is 26.0 Å². The zero-order valence-electron chi connectivity index (χ0n) is 16.1. The van der Waals surface area contributed by atoms with Crippen molar-refractivity contribution < 1.29 is 26.4 Å². The van der Waals surface area contributed by atoms with Crippen LogP contribution >= 0.6 is 0 Å². The molecule has 0 aliphatic heterocycles. The van der Waals surface area contributed by atoms with Crippen molar-refractivity contribution in [2.24, 2.45) is 0 Å². The molecule has 0 aromatic heterocycles. The lowest BCUT2D eigenvalue weighted by molar-refractivity contribution is -0.137. The van der Waals surface area contributed by atoms with Gasteiger partial charge >= 0.3 is 6.18 Å². The van der Waals surface area contributed by atoms with Crippen molar-refractivity contribution in [2.45, 2.75) is 24.0 Å². The van der Waals surface area contributed by atoms with E-state index in [0.717, 1.165) is 16.4 Å². The van der Waals surface area contributed by atoms with E-state index >= 15 is 0 Å². The fourth-order valence-corrected chi connectivity index (χ4v) is 3.40. The third-order valence-electron chi connectivity index (χ3n) is 4.18. The van der Waals surface area contributed by atoms with Gasteiger partial charge in [0.2, 0.25) is 15.9 Å². The zero-order chi connectivity index (χ0) is 21.8. The van der Waals surface area contributed by atoms with Gasteiger partial charge in [-0.1, -0.05) is 18.2 Å². The van der Waals surface area contributed by atoms with E-state index in [4.69, 9.17) is 0 Å². The minimum atomic E-state index is -4.46. The van der Waals surface area contributed by atoms with Crippen molar-refractivity contribution in [3.63, 3.8) is 0 Å². The van der Waals surface area contributed by atoms with E-state index in [1.54, 1.807) is 19.1 Å². The van der Waals surface area contributed by atoms with E-state index in [1.165, 1.54) is 38.4 Å². The van der Waals surface area contributed by atoms with Crippen molar-refractivity contribution >= 4 is 21.6 Å². The quantitative estimate of drug-likeness (QED) is 0.708. The van der Waals surface area contributed by atoms with Gasteiger partial charge in [0.1, 0.15) is 0 Å². The van der Waals surface area contributed by atoms with Crippen LogP contribution in [0.3, 0.4) is 0 Å². The number of alkyl halides is 3. The van der Waals surface area contributed by atoms with Gasteiger partial charge in [0, 0.05) is 19.8 Å². The predicted molar refractivity (Wildman–Crippen MR) is 104 cm³/mol. The zero-order valence-corrected chi connectivity index (χ0v) is 16.9. The summed E-state index contributed by atoms with van der Waals surface area (Å²) in [6.07, 6.45) is -4.46. The van der Waals surface area contributed by atoms with E-state index < -0.39 is 33.7 Å². The summed E-state index contributed by atoms with van der Waals surface area (Å²) >= 11 is 0. The number of carbonyl (C=O) groups excluding carboxylic acids is 1. The summed E-state index contributed by atoms with van der Waals surface area (Å²) in [7, 11) is -0.672. The molecule has 0 bridgehead atoms. The Morgan fingerprint density at radius 1 is 1.10 bits per heavy atom. The van der Waals surface area contributed by atoms with Crippen LogP contribution in [0.15, 0.2) is 53.4 Å². The number of amides is 1. The fourth-order valence-electron chi connectivity index (χ4n) is 2.50. The number of nitrogens with one attached hydrogen (secondary N) is 2. The molecule has 0 aliphatic carbocycles. The summed E-state index contributed by atoms with van der Waals surface area (Å²) in [6.45, 7) is 1.51. The second kappa shape index (κ2) is 8.83. The number of hydrogen-bond acceptors (Lipinski definition) is 4. The van der Waals surface area contributed by atoms with Crippen LogP contribution in [-0.2, 0) is 21.0 Å². The first-order valence-corrected chi connectivity index (χ1v) is 10.1. The second-order valence-corrected chi connectivity index (χ2v) is 8.73. The average molecular weight is 429 g/mol. The summed E-state index contributed by atoms with van der Waals surface area (Å²) in [6, 6.07) is 10.3. The van der Waals surface area contributed by atoms with Crippen LogP contribution in [0, 0.1) is 0 Å². The second-order valence-electron chi connectivity index (χ2n) is 6.58. The number of sulfonamides is 1. The summed E-state index contributed by atoms with van der Waals surface area (Å²) in [5, 5.41) is 5.37. The summed E-state index contributed by atoms with van der Waals surface area (Å²) < 4.78 is 63.4. The van der Waals surface area contributed by atoms with Crippen molar-refractivity contribution in [1.82, 2.24) is 9.62 Å². The average Bonchev–Trinajstić information content (AvgIpc) is 2.66. The van der Waals surface area contributed by atoms with Crippen LogP contribution in [0.1, 0.15) is 24.1 Å². The molecule has 0 radical (unpaired) electrons. The smallest absolute Gasteiger partial charge is 0.376 e. The molecule has 29 heavy (non-hydrogen) atoms. The van der Waals surface area contributed by atoms with Gasteiger partial charge in [0.05, 0.1) is 23.0 Å². The highest BCUT2D eigenvalue weighted by molar-refractivity contribution is 7.89. The van der Waals surface area contributed by atoms with Gasteiger partial charge in [0.25, 0.3) is 0 Å². The molecule has 2 N–H and O–H groups in total. The molecule has 2 rings (SSSR count). The predicted octanol–water partition coefficient (Wildman–Crippen LogP) is 3.25. The Balaban J connectivity index is 1.96. The standard InChI is InChI=1S/C19H22F3N3O3S/c1-13(14-7-9-17(10-8-14)29(27,28)25(2)3)24-18(26)12-23-16-6-4-5-15(11-16)19(20,21)22/h4-11,13,23H,12H2,1-3H3,(H,24,26). The van der Waals surface area contributed by atoms with Crippen LogP contribution in [0.25, 0.3) is 0 Å². The lowest BCUT2D eigenvalue weighted by Gasteiger charge is -2.17. The Kier molecular flexibility index (Phi) is 6.91. The van der Waals surface area contributed by atoms with Gasteiger partial charge in [-0.2, -0.15) is 13.2 Å². The number of nitrogens with zero attached hydrogens (tertiary/aromatic N) is 1. The fraction of sp³-hybridized carbons (Fsp3) is 0.316. The van der Waals surface area contributed by atoms with Crippen LogP contribution in [0.2, 0.25) is 0 Å². The Bertz CT molecular complexity index is 959. The van der Waals surface area contributed by atoms with E-state index in [9.17, 15) is 26.4 Å². The molecule has 0 fully saturated rings. The van der Waals surface area contributed by atoms with E-state index in [-0.39, 0.29) is 17.1 Å². The van der Waals surface area contributed by atoms with E-state index in [1.807, 2.05) is 0 Å². The van der Waals surface area contributed by atoms with E-state index in [2.05, 4.69) is 10.6 Å². The molecule has 158 valence electrons. The highest BCUT2D eigenvalue weighted by Crippen LogP contribution is 2.30. The Labute approximate surface area is 167 Å². The summed E-state index contributed by atoms with van der Waals surface area (Å²) in [5.41, 5.74) is 0.0695. The Hall–Kier alpha value is -2.59. The third-order valence-corrected chi connectivity index (χ3v) is 6.01. The number of halogens is 3. The number of benzene rings is 2. The minimum Gasteiger partial charge on any atom is -0.376 e. The first-order chi connectivity index (χ1) is 13.4. The van der Waals surface area contributed by atoms with Gasteiger partial charge in [-0.15, -0.1) is 0 Å². The molecular weight excluding hydrogens is 407 g/mol. The lowest BCUT2D eigenvalue weighted by atomic mass is 10.1.